The molecule has 0 aliphatic rings. The molecule has 0 amide bonds. The summed E-state index contributed by atoms with van der Waals surface area (Å²) in [5, 5.41) is 11.0. The highest BCUT2D eigenvalue weighted by atomic mass is 16.5. The van der Waals surface area contributed by atoms with E-state index in [0.717, 1.165) is 66.8 Å². The zero-order chi connectivity index (χ0) is 74.7. The van der Waals surface area contributed by atoms with E-state index >= 15 is 0 Å². The summed E-state index contributed by atoms with van der Waals surface area (Å²) in [6.07, 6.45) is 9.27. The Bertz CT molecular complexity index is 4910. The summed E-state index contributed by atoms with van der Waals surface area (Å²) in [6.45, 7) is 8.80. The zero-order valence-corrected chi connectivity index (χ0v) is 59.7. The van der Waals surface area contributed by atoms with Gasteiger partial charge in [0.25, 0.3) is 0 Å². The Hall–Kier alpha value is -13.3. The predicted octanol–water partition coefficient (Wildman–Crippen LogP) is 16.2. The number of benzene rings is 7. The summed E-state index contributed by atoms with van der Waals surface area (Å²) in [4.78, 5) is 107. The van der Waals surface area contributed by atoms with Crippen molar-refractivity contribution in [2.75, 3.05) is 19.8 Å². The minimum atomic E-state index is -0.499. The van der Waals surface area contributed by atoms with Crippen molar-refractivity contribution < 1.29 is 43.0 Å². The molecule has 0 bridgehead atoms. The van der Waals surface area contributed by atoms with E-state index < -0.39 is 17.9 Å². The number of rotatable bonds is 30. The number of carbonyl (C=O) groups excluding carboxylic acids is 6. The first kappa shape index (κ1) is 73.1. The molecule has 7 aromatic carbocycles. The molecule has 18 nitrogen and oxygen atoms in total. The van der Waals surface area contributed by atoms with Gasteiger partial charge in [-0.05, 0) is 197 Å². The Morgan fingerprint density at radius 1 is 0.287 bits per heavy atom. The number of nitrogens with zero attached hydrogens (tertiary/aromatic N) is 6. The number of ether oxygens (including phenoxy) is 3. The topological polar surface area (TPSA) is 244 Å². The van der Waals surface area contributed by atoms with E-state index in [0.29, 0.717) is 124 Å². The van der Waals surface area contributed by atoms with Gasteiger partial charge >= 0.3 is 17.9 Å². The lowest BCUT2D eigenvalue weighted by molar-refractivity contribution is 0.0517. The van der Waals surface area contributed by atoms with Gasteiger partial charge in [0, 0.05) is 110 Å². The van der Waals surface area contributed by atoms with Crippen LogP contribution in [0.1, 0.15) is 133 Å². The first-order valence-corrected chi connectivity index (χ1v) is 35.6. The number of carbonyl (C=O) groups is 6. The lowest BCUT2D eigenvalue weighted by Crippen LogP contribution is -2.14. The smallest absolute Gasteiger partial charge is 0.340 e. The minimum absolute atomic E-state index is 0.195. The van der Waals surface area contributed by atoms with Crippen molar-refractivity contribution in [1.29, 1.82) is 0 Å². The predicted molar refractivity (Wildman–Crippen MR) is 414 cm³/mol. The maximum Gasteiger partial charge on any atom is 0.340 e. The molecule has 13 aromatic rings. The van der Waals surface area contributed by atoms with Gasteiger partial charge in [0.15, 0.2) is 17.3 Å². The molecule has 108 heavy (non-hydrogen) atoms. The quantitative estimate of drug-likeness (QED) is 0.0215. The molecular weight excluding hydrogens is 1350 g/mol. The third-order valence-electron chi connectivity index (χ3n) is 18.1. The number of esters is 3. The lowest BCUT2D eigenvalue weighted by Gasteiger charge is -2.18. The maximum atomic E-state index is 14.0. The SMILES string of the molecule is CCOC(=O)c1cccnc1-c1ccc(C(=O)c2cccc(CNCc3ccccc3-c3cc(-c4ccccc4CNCc4cccc(C(=O)c5ccc(-c6ncccc6C(=O)OCC)nc5)c4)cc(-c4ccccc4CNCc4cccc(C(=O)c5ccc(-c6ncccc6C(=O)OCC)nc5)c4)c3)c2)cn1. The maximum absolute atomic E-state index is 14.0. The highest BCUT2D eigenvalue weighted by Crippen LogP contribution is 2.38. The van der Waals surface area contributed by atoms with Crippen LogP contribution in [0.5, 0.6) is 0 Å². The van der Waals surface area contributed by atoms with Crippen molar-refractivity contribution in [1.82, 2.24) is 45.9 Å². The molecule has 0 fully saturated rings. The number of hydrogen-bond donors (Lipinski definition) is 3. The molecule has 0 aliphatic heterocycles. The van der Waals surface area contributed by atoms with Crippen LogP contribution in [0.3, 0.4) is 0 Å². The van der Waals surface area contributed by atoms with Gasteiger partial charge in [-0.2, -0.15) is 0 Å². The molecule has 6 heterocycles. The highest BCUT2D eigenvalue weighted by molar-refractivity contribution is 6.11. The number of ketones is 3. The Balaban J connectivity index is 0.740. The molecule has 0 spiro atoms. The second kappa shape index (κ2) is 35.0. The number of hydrogen-bond acceptors (Lipinski definition) is 18. The van der Waals surface area contributed by atoms with Crippen molar-refractivity contribution in [3.63, 3.8) is 0 Å². The van der Waals surface area contributed by atoms with Gasteiger partial charge in [-0.15, -0.1) is 0 Å². The van der Waals surface area contributed by atoms with Crippen LogP contribution in [0.15, 0.2) is 274 Å². The van der Waals surface area contributed by atoms with Gasteiger partial charge in [0.1, 0.15) is 17.1 Å². The van der Waals surface area contributed by atoms with E-state index in [4.69, 9.17) is 14.2 Å². The van der Waals surface area contributed by atoms with E-state index in [1.165, 1.54) is 18.6 Å². The van der Waals surface area contributed by atoms with Crippen LogP contribution in [0.25, 0.3) is 67.5 Å². The first-order chi connectivity index (χ1) is 52.9. The Morgan fingerprint density at radius 2 is 0.583 bits per heavy atom. The molecule has 0 saturated carbocycles. The summed E-state index contributed by atoms with van der Waals surface area (Å²) < 4.78 is 15.7. The van der Waals surface area contributed by atoms with E-state index in [2.05, 4.69) is 119 Å². The average Bonchev–Trinajstić information content (AvgIpc) is 0.796. The Kier molecular flexibility index (Phi) is 23.7. The van der Waals surface area contributed by atoms with Gasteiger partial charge in [-0.3, -0.25) is 44.3 Å². The van der Waals surface area contributed by atoms with Crippen LogP contribution in [-0.2, 0) is 53.5 Å². The molecule has 0 atom stereocenters. The highest BCUT2D eigenvalue weighted by Gasteiger charge is 2.23. The average molecular weight is 1430 g/mol. The van der Waals surface area contributed by atoms with Crippen LogP contribution in [0.4, 0.5) is 0 Å². The number of aromatic nitrogens is 6. The van der Waals surface area contributed by atoms with Gasteiger partial charge in [0.05, 0.1) is 53.6 Å². The monoisotopic (exact) mass is 1430 g/mol. The summed E-state index contributed by atoms with van der Waals surface area (Å²) in [5.74, 6) is -2.08. The largest absolute Gasteiger partial charge is 0.462 e. The fraction of sp³-hybridized carbons (Fsp3) is 0.133. The third-order valence-corrected chi connectivity index (χ3v) is 18.1. The fourth-order valence-electron chi connectivity index (χ4n) is 12.9. The molecule has 534 valence electrons. The molecule has 0 radical (unpaired) electrons. The molecule has 13 rings (SSSR count). The van der Waals surface area contributed by atoms with Crippen molar-refractivity contribution in [3.05, 3.63) is 357 Å². The van der Waals surface area contributed by atoms with Crippen molar-refractivity contribution in [3.8, 4) is 67.5 Å². The van der Waals surface area contributed by atoms with Gasteiger partial charge < -0.3 is 30.2 Å². The standard InChI is InChI=1S/C90H75N9O9/c1-4-106-88(103)76-31-16-40-94-82(76)79-37-34-67(55-97-79)85(100)61-25-13-19-58(43-61)49-91-52-64-22-7-10-28-73(64)70-46-71(74-29-11-8-23-65(74)53-92-50-59-20-14-26-62(44-59)86(101)68-35-38-80(98-56-68)83-77(32-17-41-95-83)89(104)107-5-2)48-72(47-70)75-30-12-9-24-66(75)54-93-51-60-21-15-27-63(45-60)87(102)69-36-39-81(99-57-69)84-78(33-18-42-96-84)90(105)108-6-3/h7-48,55-57,91-93H,4-6,49-54H2,1-3H3. The van der Waals surface area contributed by atoms with E-state index in [-0.39, 0.29) is 37.2 Å². The Labute approximate surface area is 625 Å². The molecule has 18 heteroatoms. The zero-order valence-electron chi connectivity index (χ0n) is 59.7. The van der Waals surface area contributed by atoms with Crippen LogP contribution in [0.2, 0.25) is 0 Å². The van der Waals surface area contributed by atoms with E-state index in [9.17, 15) is 28.8 Å². The molecule has 0 unspecified atom stereocenters. The molecule has 0 aliphatic carbocycles. The van der Waals surface area contributed by atoms with Gasteiger partial charge in [0.2, 0.25) is 0 Å². The van der Waals surface area contributed by atoms with Crippen LogP contribution in [-0.4, -0.2) is 85.0 Å². The van der Waals surface area contributed by atoms with Crippen molar-refractivity contribution >= 4 is 35.3 Å². The Morgan fingerprint density at radius 3 is 0.861 bits per heavy atom. The van der Waals surface area contributed by atoms with Gasteiger partial charge in [-0.25, -0.2) is 14.4 Å². The minimum Gasteiger partial charge on any atom is -0.462 e. The fourth-order valence-corrected chi connectivity index (χ4v) is 12.9. The molecule has 3 N–H and O–H groups in total. The normalized spacial score (nSPS) is 11.0. The number of nitrogens with one attached hydrogen (secondary N) is 3. The summed E-state index contributed by atoms with van der Waals surface area (Å²) in [5.41, 5.74) is 18.1. The summed E-state index contributed by atoms with van der Waals surface area (Å²) in [7, 11) is 0. The van der Waals surface area contributed by atoms with Crippen LogP contribution in [0, 0.1) is 0 Å². The summed E-state index contributed by atoms with van der Waals surface area (Å²) in [6, 6.07) is 74.6. The first-order valence-electron chi connectivity index (χ1n) is 35.6. The van der Waals surface area contributed by atoms with Crippen molar-refractivity contribution in [2.24, 2.45) is 0 Å². The molecular formula is C90H75N9O9. The van der Waals surface area contributed by atoms with Crippen molar-refractivity contribution in [2.45, 2.75) is 60.0 Å². The van der Waals surface area contributed by atoms with Gasteiger partial charge in [-0.1, -0.05) is 127 Å². The third kappa shape index (κ3) is 17.4. The van der Waals surface area contributed by atoms with Crippen LogP contribution < -0.4 is 16.0 Å². The van der Waals surface area contributed by atoms with E-state index in [1.807, 2.05) is 72.8 Å². The lowest BCUT2D eigenvalue weighted by atomic mass is 9.89. The molecule has 0 saturated heterocycles. The second-order valence-electron chi connectivity index (χ2n) is 25.3. The number of pyridine rings is 6. The molecule has 6 aromatic heterocycles. The summed E-state index contributed by atoms with van der Waals surface area (Å²) >= 11 is 0. The van der Waals surface area contributed by atoms with E-state index in [1.54, 1.807) is 130 Å². The van der Waals surface area contributed by atoms with Crippen LogP contribution >= 0.6 is 0 Å². The second-order valence-corrected chi connectivity index (χ2v) is 25.3.